The van der Waals surface area contributed by atoms with E-state index in [4.69, 9.17) is 47.4 Å². The number of ketones is 1. The normalized spacial score (nSPS) is 48.7. The zero-order chi connectivity index (χ0) is 38.1. The highest BCUT2D eigenvalue weighted by atomic mass is 16.8. The first-order valence-electron chi connectivity index (χ1n) is 18.3. The SMILES string of the molecule is CO[C@@H]1[C@H](O)[C@@H](C)O[C@@H](OC[C@@H]2C(C)OC(=O)/C=C/[C@H](C)C(O[C@@H]3O[C@H](C)CC4(OC(=O)O[C@@H]4C)C3O)[C@@H](C)CC(C)C(=O)/C=C/[C@H]3OC23)[C@@H]1OC. The molecule has 0 aromatic heterocycles. The largest absolute Gasteiger partial charge is 0.509 e. The van der Waals surface area contributed by atoms with Gasteiger partial charge in [-0.3, -0.25) is 4.79 Å². The molecule has 15 nitrogen and oxygen atoms in total. The smallest absolute Gasteiger partial charge is 0.459 e. The van der Waals surface area contributed by atoms with Crippen molar-refractivity contribution in [2.24, 2.45) is 23.7 Å². The summed E-state index contributed by atoms with van der Waals surface area (Å²) >= 11 is 0. The molecule has 6 unspecified atom stereocenters. The fourth-order valence-electron chi connectivity index (χ4n) is 7.99. The molecular weight excluding hydrogens is 684 g/mol. The molecule has 0 saturated carbocycles. The van der Waals surface area contributed by atoms with Crippen LogP contribution in [0.25, 0.3) is 0 Å². The molecule has 0 bridgehead atoms. The predicted molar refractivity (Wildman–Crippen MR) is 181 cm³/mol. The highest BCUT2D eigenvalue weighted by Gasteiger charge is 2.61. The van der Waals surface area contributed by atoms with Gasteiger partial charge < -0.3 is 57.6 Å². The number of cyclic esters (lactones) is 2. The van der Waals surface area contributed by atoms with Gasteiger partial charge in [-0.05, 0) is 52.2 Å². The molecule has 18 atom stereocenters. The van der Waals surface area contributed by atoms with Crippen LogP contribution >= 0.6 is 0 Å². The number of ether oxygens (including phenoxy) is 10. The molecule has 5 aliphatic heterocycles. The number of allylic oxidation sites excluding steroid dienone is 1. The summed E-state index contributed by atoms with van der Waals surface area (Å²) in [6, 6.07) is 0. The van der Waals surface area contributed by atoms with Crippen molar-refractivity contribution in [3.8, 4) is 0 Å². The van der Waals surface area contributed by atoms with Crippen LogP contribution in [0.5, 0.6) is 0 Å². The van der Waals surface area contributed by atoms with Crippen LogP contribution in [0.2, 0.25) is 0 Å². The van der Waals surface area contributed by atoms with Gasteiger partial charge in [0.25, 0.3) is 0 Å². The molecule has 0 amide bonds. The van der Waals surface area contributed by atoms with Crippen LogP contribution < -0.4 is 0 Å². The average molecular weight is 741 g/mol. The second-order valence-electron chi connectivity index (χ2n) is 15.0. The Hall–Kier alpha value is -2.47. The molecule has 0 aromatic rings. The standard InChI is InChI=1S/C37H56O15/c1-17-10-13-27(39)47-21(5)24(16-45-34-32(44-9)31(43-8)28(40)22(6)48-34)30-26(50-30)12-11-25(38)18(2)14-19(3)29(17)51-35-33(41)37(15-20(4)46-35)23(7)49-36(42)52-37/h10-13,17-24,26,28-35,40-41H,14-16H2,1-9H3/b12-11+,13-10+/t17-,18?,19-,20+,21?,22+,23+,24+,26+,28+,29?,30?,31+,32+,33?,34+,35-,37?/m0/s1. The third kappa shape index (κ3) is 8.74. The van der Waals surface area contributed by atoms with Crippen molar-refractivity contribution in [1.29, 1.82) is 0 Å². The van der Waals surface area contributed by atoms with Gasteiger partial charge in [0.05, 0.1) is 31.0 Å². The number of methoxy groups -OCH3 is 2. The minimum atomic E-state index is -1.36. The first kappa shape index (κ1) is 40.7. The van der Waals surface area contributed by atoms with E-state index in [0.717, 1.165) is 0 Å². The molecule has 52 heavy (non-hydrogen) atoms. The van der Waals surface area contributed by atoms with Crippen LogP contribution in [0.1, 0.15) is 61.3 Å². The number of hydrogen-bond donors (Lipinski definition) is 2. The summed E-state index contributed by atoms with van der Waals surface area (Å²) in [6.07, 6.45) is -3.65. The molecule has 0 aliphatic carbocycles. The molecule has 15 heteroatoms. The van der Waals surface area contributed by atoms with Gasteiger partial charge in [0.15, 0.2) is 24.0 Å². The second-order valence-corrected chi connectivity index (χ2v) is 15.0. The summed E-state index contributed by atoms with van der Waals surface area (Å²) in [7, 11) is 2.96. The van der Waals surface area contributed by atoms with E-state index >= 15 is 0 Å². The number of esters is 1. The Kier molecular flexibility index (Phi) is 13.2. The van der Waals surface area contributed by atoms with Gasteiger partial charge in [-0.25, -0.2) is 9.59 Å². The first-order chi connectivity index (χ1) is 24.6. The summed E-state index contributed by atoms with van der Waals surface area (Å²) in [5.41, 5.74) is -1.35. The summed E-state index contributed by atoms with van der Waals surface area (Å²) in [6.45, 7) is 12.6. The first-order valence-corrected chi connectivity index (χ1v) is 18.3. The minimum absolute atomic E-state index is 0.0493. The second kappa shape index (κ2) is 16.9. The van der Waals surface area contributed by atoms with E-state index in [-0.39, 0.29) is 24.7 Å². The zero-order valence-electron chi connectivity index (χ0n) is 31.4. The third-order valence-electron chi connectivity index (χ3n) is 11.2. The minimum Gasteiger partial charge on any atom is -0.459 e. The van der Waals surface area contributed by atoms with Crippen LogP contribution in [0.3, 0.4) is 0 Å². The Morgan fingerprint density at radius 2 is 1.54 bits per heavy atom. The molecule has 5 rings (SSSR count). The van der Waals surface area contributed by atoms with E-state index < -0.39 is 115 Å². The van der Waals surface area contributed by atoms with E-state index in [2.05, 4.69) is 0 Å². The topological polar surface area (TPSA) is 187 Å². The maximum atomic E-state index is 13.4. The van der Waals surface area contributed by atoms with Crippen LogP contribution in [-0.2, 0) is 57.0 Å². The number of carbonyl (C=O) groups is 3. The van der Waals surface area contributed by atoms with Gasteiger partial charge in [0.2, 0.25) is 0 Å². The Labute approximate surface area is 305 Å². The molecule has 5 aliphatic rings. The number of aliphatic hydroxyl groups is 2. The zero-order valence-corrected chi connectivity index (χ0v) is 31.4. The maximum absolute atomic E-state index is 13.4. The van der Waals surface area contributed by atoms with E-state index in [0.29, 0.717) is 6.42 Å². The lowest BCUT2D eigenvalue weighted by Gasteiger charge is -2.46. The lowest BCUT2D eigenvalue weighted by atomic mass is 9.82. The van der Waals surface area contributed by atoms with Crippen molar-refractivity contribution in [2.45, 2.75) is 147 Å². The van der Waals surface area contributed by atoms with Crippen LogP contribution in [0.4, 0.5) is 4.79 Å². The monoisotopic (exact) mass is 740 g/mol. The Balaban J connectivity index is 1.34. The molecule has 0 radical (unpaired) electrons. The van der Waals surface area contributed by atoms with Crippen molar-refractivity contribution < 1.29 is 72.0 Å². The van der Waals surface area contributed by atoms with Crippen molar-refractivity contribution in [3.05, 3.63) is 24.3 Å². The van der Waals surface area contributed by atoms with Gasteiger partial charge in [-0.2, -0.15) is 0 Å². The van der Waals surface area contributed by atoms with Crippen molar-refractivity contribution >= 4 is 17.9 Å². The molecule has 4 saturated heterocycles. The summed E-state index contributed by atoms with van der Waals surface area (Å²) < 4.78 is 58.3. The van der Waals surface area contributed by atoms with Crippen LogP contribution in [-0.4, -0.2) is 134 Å². The van der Waals surface area contributed by atoms with Gasteiger partial charge in [0.1, 0.15) is 42.7 Å². The summed E-state index contributed by atoms with van der Waals surface area (Å²) in [5.74, 6) is -2.20. The van der Waals surface area contributed by atoms with Gasteiger partial charge in [-0.1, -0.05) is 26.8 Å². The van der Waals surface area contributed by atoms with Gasteiger partial charge in [0, 0.05) is 44.5 Å². The Morgan fingerprint density at radius 3 is 2.19 bits per heavy atom. The molecule has 5 heterocycles. The number of aliphatic hydroxyl groups excluding tert-OH is 2. The molecular formula is C37H56O15. The lowest BCUT2D eigenvalue weighted by Crippen LogP contribution is -2.62. The molecule has 4 fully saturated rings. The average Bonchev–Trinajstić information content (AvgIpc) is 3.79. The maximum Gasteiger partial charge on any atom is 0.509 e. The Morgan fingerprint density at radius 1 is 0.827 bits per heavy atom. The van der Waals surface area contributed by atoms with E-state index in [9.17, 15) is 24.6 Å². The number of carbonyl (C=O) groups excluding carboxylic acids is 3. The highest BCUT2D eigenvalue weighted by molar-refractivity contribution is 5.91. The lowest BCUT2D eigenvalue weighted by molar-refractivity contribution is -0.308. The molecule has 1 spiro atoms. The van der Waals surface area contributed by atoms with Crippen LogP contribution in [0.15, 0.2) is 24.3 Å². The fourth-order valence-corrected chi connectivity index (χ4v) is 7.99. The summed E-state index contributed by atoms with van der Waals surface area (Å²) in [4.78, 5) is 38.7. The molecule has 294 valence electrons. The van der Waals surface area contributed by atoms with Crippen molar-refractivity contribution in [3.63, 3.8) is 0 Å². The number of epoxide rings is 1. The van der Waals surface area contributed by atoms with Crippen molar-refractivity contribution in [1.82, 2.24) is 0 Å². The quantitative estimate of drug-likeness (QED) is 0.286. The Bertz CT molecular complexity index is 1320. The van der Waals surface area contributed by atoms with Gasteiger partial charge >= 0.3 is 12.1 Å². The van der Waals surface area contributed by atoms with E-state index in [1.54, 1.807) is 39.8 Å². The third-order valence-corrected chi connectivity index (χ3v) is 11.2. The molecule has 2 N–H and O–H groups in total. The predicted octanol–water partition coefficient (Wildman–Crippen LogP) is 2.62. The fraction of sp³-hybridized carbons (Fsp3) is 0.811. The molecule has 0 aromatic carbocycles. The highest BCUT2D eigenvalue weighted by Crippen LogP contribution is 2.42. The van der Waals surface area contributed by atoms with Crippen LogP contribution in [0, 0.1) is 23.7 Å². The summed E-state index contributed by atoms with van der Waals surface area (Å²) in [5, 5.41) is 22.0. The number of rotatable bonds is 7. The van der Waals surface area contributed by atoms with E-state index in [1.165, 1.54) is 26.4 Å². The van der Waals surface area contributed by atoms with E-state index in [1.807, 2.05) is 20.8 Å². The van der Waals surface area contributed by atoms with Crippen molar-refractivity contribution in [2.75, 3.05) is 20.8 Å². The number of hydrogen-bond acceptors (Lipinski definition) is 15. The number of fused-ring (bicyclic) bond motifs is 1. The van der Waals surface area contributed by atoms with Gasteiger partial charge in [-0.15, -0.1) is 0 Å².